The molecule has 1 unspecified atom stereocenters. The Bertz CT molecular complexity index is 706. The van der Waals surface area contributed by atoms with Gasteiger partial charge in [0.05, 0.1) is 18.6 Å². The molecule has 0 amide bonds. The molecule has 100 valence electrons. The normalized spacial score (nSPS) is 19.1. The monoisotopic (exact) mass is 266 g/mol. The van der Waals surface area contributed by atoms with Gasteiger partial charge >= 0.3 is 0 Å². The van der Waals surface area contributed by atoms with E-state index in [-0.39, 0.29) is 0 Å². The van der Waals surface area contributed by atoms with Crippen molar-refractivity contribution >= 4 is 11.4 Å². The van der Waals surface area contributed by atoms with Crippen molar-refractivity contribution in [3.05, 3.63) is 53.6 Å². The molecule has 0 aliphatic carbocycles. The molecule has 0 aromatic heterocycles. The zero-order valence-electron chi connectivity index (χ0n) is 11.3. The highest BCUT2D eigenvalue weighted by molar-refractivity contribution is 6.02. The molecule has 1 N–H and O–H groups in total. The second kappa shape index (κ2) is 4.37. The Morgan fingerprint density at radius 1 is 1.20 bits per heavy atom. The average molecular weight is 266 g/mol. The SMILES string of the molecule is COc1ccc2c(c1)CC1COc3ccccc3C1=[NH+]2. The molecule has 0 saturated carbocycles. The molecule has 2 aromatic carbocycles. The summed E-state index contributed by atoms with van der Waals surface area (Å²) in [6.07, 6.45) is 0.989. The predicted molar refractivity (Wildman–Crippen MR) is 76.9 cm³/mol. The summed E-state index contributed by atoms with van der Waals surface area (Å²) in [6.45, 7) is 0.732. The summed E-state index contributed by atoms with van der Waals surface area (Å²) in [5, 5.41) is 0. The van der Waals surface area contributed by atoms with Crippen molar-refractivity contribution < 1.29 is 14.5 Å². The number of benzene rings is 2. The van der Waals surface area contributed by atoms with Crippen molar-refractivity contribution in [3.8, 4) is 11.5 Å². The summed E-state index contributed by atoms with van der Waals surface area (Å²) < 4.78 is 11.2. The maximum atomic E-state index is 5.87. The summed E-state index contributed by atoms with van der Waals surface area (Å²) in [4.78, 5) is 3.59. The van der Waals surface area contributed by atoms with Gasteiger partial charge in [-0.15, -0.1) is 0 Å². The third kappa shape index (κ3) is 1.70. The van der Waals surface area contributed by atoms with Crippen LogP contribution in [0.1, 0.15) is 11.1 Å². The highest BCUT2D eigenvalue weighted by Gasteiger charge is 2.35. The van der Waals surface area contributed by atoms with Crippen LogP contribution in [0.5, 0.6) is 11.5 Å². The van der Waals surface area contributed by atoms with Crippen LogP contribution in [0.2, 0.25) is 0 Å². The van der Waals surface area contributed by atoms with Gasteiger partial charge in [0.15, 0.2) is 5.71 Å². The third-order valence-electron chi connectivity index (χ3n) is 4.07. The van der Waals surface area contributed by atoms with Gasteiger partial charge in [-0.05, 0) is 30.7 Å². The number of hydrogen-bond acceptors (Lipinski definition) is 2. The highest BCUT2D eigenvalue weighted by atomic mass is 16.5. The van der Waals surface area contributed by atoms with Gasteiger partial charge in [-0.2, -0.15) is 0 Å². The molecule has 0 fully saturated rings. The molecule has 2 aliphatic rings. The van der Waals surface area contributed by atoms with Crippen molar-refractivity contribution in [2.75, 3.05) is 13.7 Å². The van der Waals surface area contributed by atoms with E-state index in [0.717, 1.165) is 24.5 Å². The number of fused-ring (bicyclic) bond motifs is 4. The first kappa shape index (κ1) is 11.5. The minimum absolute atomic E-state index is 0.393. The number of rotatable bonds is 1. The van der Waals surface area contributed by atoms with E-state index in [1.54, 1.807) is 7.11 Å². The van der Waals surface area contributed by atoms with Gasteiger partial charge in [-0.1, -0.05) is 12.1 Å². The first-order valence-corrected chi connectivity index (χ1v) is 6.88. The van der Waals surface area contributed by atoms with E-state index >= 15 is 0 Å². The lowest BCUT2D eigenvalue weighted by atomic mass is 9.86. The van der Waals surface area contributed by atoms with Crippen LogP contribution >= 0.6 is 0 Å². The van der Waals surface area contributed by atoms with Crippen LogP contribution in [-0.4, -0.2) is 19.4 Å². The fourth-order valence-electron chi connectivity index (χ4n) is 3.04. The Kier molecular flexibility index (Phi) is 2.52. The maximum absolute atomic E-state index is 5.87. The van der Waals surface area contributed by atoms with Gasteiger partial charge in [0.25, 0.3) is 0 Å². The highest BCUT2D eigenvalue weighted by Crippen LogP contribution is 2.31. The molecule has 4 rings (SSSR count). The molecule has 2 aliphatic heterocycles. The van der Waals surface area contributed by atoms with Crippen molar-refractivity contribution in [1.82, 2.24) is 0 Å². The van der Waals surface area contributed by atoms with E-state index in [1.165, 1.54) is 22.5 Å². The third-order valence-corrected chi connectivity index (χ3v) is 4.07. The molecule has 2 heterocycles. The number of methoxy groups -OCH3 is 1. The van der Waals surface area contributed by atoms with E-state index in [2.05, 4.69) is 29.3 Å². The molecular formula is C17H16NO2+. The van der Waals surface area contributed by atoms with E-state index in [1.807, 2.05) is 18.2 Å². The van der Waals surface area contributed by atoms with Crippen LogP contribution in [-0.2, 0) is 6.42 Å². The summed E-state index contributed by atoms with van der Waals surface area (Å²) in [7, 11) is 1.70. The topological polar surface area (TPSA) is 32.4 Å². The van der Waals surface area contributed by atoms with Gasteiger partial charge in [0, 0.05) is 11.6 Å². The van der Waals surface area contributed by atoms with E-state index in [0.29, 0.717) is 5.92 Å². The smallest absolute Gasteiger partial charge is 0.207 e. The molecule has 3 heteroatoms. The number of ether oxygens (including phenoxy) is 2. The molecule has 0 spiro atoms. The largest absolute Gasteiger partial charge is 0.497 e. The number of hydrogen-bond donors (Lipinski definition) is 1. The Balaban J connectivity index is 1.85. The molecule has 0 bridgehead atoms. The summed E-state index contributed by atoms with van der Waals surface area (Å²) >= 11 is 0. The van der Waals surface area contributed by atoms with E-state index < -0.39 is 0 Å². The molecule has 0 saturated heterocycles. The van der Waals surface area contributed by atoms with Crippen LogP contribution in [0.4, 0.5) is 5.69 Å². The van der Waals surface area contributed by atoms with Crippen molar-refractivity contribution in [2.45, 2.75) is 6.42 Å². The lowest BCUT2D eigenvalue weighted by molar-refractivity contribution is -0.361. The first-order chi connectivity index (χ1) is 9.85. The first-order valence-electron chi connectivity index (χ1n) is 6.88. The molecule has 2 aromatic rings. The fraction of sp³-hybridized carbons (Fsp3) is 0.235. The minimum Gasteiger partial charge on any atom is -0.497 e. The molecule has 0 radical (unpaired) electrons. The van der Waals surface area contributed by atoms with Gasteiger partial charge in [0.1, 0.15) is 18.1 Å². The van der Waals surface area contributed by atoms with Gasteiger partial charge in [-0.3, -0.25) is 0 Å². The van der Waals surface area contributed by atoms with Gasteiger partial charge < -0.3 is 9.47 Å². The van der Waals surface area contributed by atoms with Crippen LogP contribution in [0.3, 0.4) is 0 Å². The molecule has 1 atom stereocenters. The fourth-order valence-corrected chi connectivity index (χ4v) is 3.04. The average Bonchev–Trinajstić information content (AvgIpc) is 2.52. The zero-order valence-corrected chi connectivity index (χ0v) is 11.3. The van der Waals surface area contributed by atoms with Gasteiger partial charge in [0.2, 0.25) is 5.69 Å². The second-order valence-corrected chi connectivity index (χ2v) is 5.27. The standard InChI is InChI=1S/C17H15NO2/c1-19-13-6-7-15-11(9-13)8-12-10-20-16-5-3-2-4-14(16)17(12)18-15/h2-7,9,12H,8,10H2,1H3/p+1. The van der Waals surface area contributed by atoms with E-state index in [4.69, 9.17) is 9.47 Å². The van der Waals surface area contributed by atoms with Gasteiger partial charge in [-0.25, -0.2) is 4.99 Å². The maximum Gasteiger partial charge on any atom is 0.207 e. The van der Waals surface area contributed by atoms with Crippen LogP contribution in [0.15, 0.2) is 42.5 Å². The Hall–Kier alpha value is -2.29. The number of para-hydroxylation sites is 1. The van der Waals surface area contributed by atoms with Crippen LogP contribution in [0, 0.1) is 5.92 Å². The lowest BCUT2D eigenvalue weighted by Gasteiger charge is -2.26. The summed E-state index contributed by atoms with van der Waals surface area (Å²) in [6, 6.07) is 14.4. The minimum atomic E-state index is 0.393. The predicted octanol–water partition coefficient (Wildman–Crippen LogP) is 1.46. The quantitative estimate of drug-likeness (QED) is 0.847. The van der Waals surface area contributed by atoms with E-state index in [9.17, 15) is 0 Å². The molecule has 20 heavy (non-hydrogen) atoms. The Labute approximate surface area is 117 Å². The second-order valence-electron chi connectivity index (χ2n) is 5.27. The zero-order chi connectivity index (χ0) is 13.5. The summed E-state index contributed by atoms with van der Waals surface area (Å²) in [5.74, 6) is 2.28. The van der Waals surface area contributed by atoms with Crippen LogP contribution in [0.25, 0.3) is 0 Å². The number of nitrogens with one attached hydrogen (secondary N) is 1. The van der Waals surface area contributed by atoms with Crippen molar-refractivity contribution in [1.29, 1.82) is 0 Å². The molecular weight excluding hydrogens is 250 g/mol. The summed E-state index contributed by atoms with van der Waals surface area (Å²) in [5.41, 5.74) is 4.93. The lowest BCUT2D eigenvalue weighted by Crippen LogP contribution is -2.72. The van der Waals surface area contributed by atoms with Crippen molar-refractivity contribution in [2.24, 2.45) is 5.92 Å². The Morgan fingerprint density at radius 3 is 3.00 bits per heavy atom. The van der Waals surface area contributed by atoms with Crippen molar-refractivity contribution in [3.63, 3.8) is 0 Å². The van der Waals surface area contributed by atoms with Crippen LogP contribution < -0.4 is 14.5 Å². The Morgan fingerprint density at radius 2 is 2.10 bits per heavy atom. The molecule has 3 nitrogen and oxygen atoms in total.